The molecule has 0 aliphatic carbocycles. The van der Waals surface area contributed by atoms with Crippen LogP contribution in [-0.4, -0.2) is 7.05 Å². The molecule has 4 heteroatoms. The summed E-state index contributed by atoms with van der Waals surface area (Å²) < 4.78 is 19.8. The van der Waals surface area contributed by atoms with Crippen LogP contribution in [0.4, 0.5) is 4.39 Å². The summed E-state index contributed by atoms with van der Waals surface area (Å²) in [6, 6.07) is 16.7. The molecule has 0 fully saturated rings. The number of hydrogen-bond acceptors (Lipinski definition) is 2. The predicted octanol–water partition coefficient (Wildman–Crippen LogP) is 4.93. The van der Waals surface area contributed by atoms with Crippen LogP contribution < -0.4 is 10.1 Å². The van der Waals surface area contributed by atoms with Gasteiger partial charge in [0.25, 0.3) is 0 Å². The van der Waals surface area contributed by atoms with Gasteiger partial charge in [-0.05, 0) is 36.0 Å². The van der Waals surface area contributed by atoms with E-state index in [-0.39, 0.29) is 12.4 Å². The smallest absolute Gasteiger partial charge is 0.131 e. The van der Waals surface area contributed by atoms with Crippen molar-refractivity contribution in [3.05, 3.63) is 76.6 Å². The van der Waals surface area contributed by atoms with Crippen LogP contribution in [0.3, 0.4) is 0 Å². The molecule has 0 unspecified atom stereocenters. The summed E-state index contributed by atoms with van der Waals surface area (Å²) in [7, 11) is 1.89. The van der Waals surface area contributed by atoms with E-state index >= 15 is 0 Å². The van der Waals surface area contributed by atoms with Crippen LogP contribution in [0.15, 0.2) is 54.6 Å². The van der Waals surface area contributed by atoms with E-state index in [1.165, 1.54) is 6.07 Å². The van der Waals surface area contributed by atoms with E-state index in [2.05, 4.69) is 17.4 Å². The van der Waals surface area contributed by atoms with E-state index in [9.17, 15) is 4.39 Å². The van der Waals surface area contributed by atoms with Crippen LogP contribution in [-0.2, 0) is 13.2 Å². The highest BCUT2D eigenvalue weighted by molar-refractivity contribution is 6.31. The van der Waals surface area contributed by atoms with Gasteiger partial charge in [-0.2, -0.15) is 0 Å². The summed E-state index contributed by atoms with van der Waals surface area (Å²) in [5.41, 5.74) is 1.43. The first-order valence-electron chi connectivity index (χ1n) is 7.41. The first-order chi connectivity index (χ1) is 11.2. The molecule has 0 radical (unpaired) electrons. The second-order valence-corrected chi connectivity index (χ2v) is 5.69. The van der Waals surface area contributed by atoms with Crippen LogP contribution in [0.1, 0.15) is 11.1 Å². The van der Waals surface area contributed by atoms with E-state index in [0.717, 1.165) is 22.1 Å². The highest BCUT2D eigenvalue weighted by Crippen LogP contribution is 2.29. The van der Waals surface area contributed by atoms with Gasteiger partial charge in [0.2, 0.25) is 0 Å². The minimum Gasteiger partial charge on any atom is -0.488 e. The standard InChI is InChI=1S/C19H17ClFNO/c1-22-11-15-14-6-3-2-5-13(14)9-10-19(15)23-12-16-17(20)7-4-8-18(16)21/h2-10,22H,11-12H2,1H3. The summed E-state index contributed by atoms with van der Waals surface area (Å²) in [6.07, 6.45) is 0. The number of hydrogen-bond donors (Lipinski definition) is 1. The highest BCUT2D eigenvalue weighted by Gasteiger charge is 2.11. The first kappa shape index (κ1) is 15.8. The average molecular weight is 330 g/mol. The monoisotopic (exact) mass is 329 g/mol. The summed E-state index contributed by atoms with van der Waals surface area (Å²) in [4.78, 5) is 0. The zero-order valence-electron chi connectivity index (χ0n) is 12.8. The van der Waals surface area contributed by atoms with Gasteiger partial charge < -0.3 is 10.1 Å². The average Bonchev–Trinajstić information content (AvgIpc) is 2.56. The van der Waals surface area contributed by atoms with Gasteiger partial charge in [0.1, 0.15) is 18.2 Å². The van der Waals surface area contributed by atoms with Crippen LogP contribution in [0.5, 0.6) is 5.75 Å². The van der Waals surface area contributed by atoms with Crippen molar-refractivity contribution in [3.63, 3.8) is 0 Å². The molecule has 0 aliphatic rings. The number of rotatable bonds is 5. The third kappa shape index (κ3) is 3.31. The Hall–Kier alpha value is -2.10. The van der Waals surface area contributed by atoms with Crippen molar-refractivity contribution in [1.82, 2.24) is 5.32 Å². The largest absolute Gasteiger partial charge is 0.488 e. The molecule has 0 spiro atoms. The van der Waals surface area contributed by atoms with Gasteiger partial charge in [-0.15, -0.1) is 0 Å². The van der Waals surface area contributed by atoms with Gasteiger partial charge in [0.05, 0.1) is 5.02 Å². The minimum absolute atomic E-state index is 0.0978. The summed E-state index contributed by atoms with van der Waals surface area (Å²) in [5.74, 6) is 0.380. The molecular weight excluding hydrogens is 313 g/mol. The molecule has 0 amide bonds. The summed E-state index contributed by atoms with van der Waals surface area (Å²) in [5, 5.41) is 5.80. The van der Waals surface area contributed by atoms with Crippen molar-refractivity contribution < 1.29 is 9.13 Å². The molecule has 0 atom stereocenters. The van der Waals surface area contributed by atoms with E-state index < -0.39 is 0 Å². The Bertz CT molecular complexity index is 814. The van der Waals surface area contributed by atoms with E-state index in [4.69, 9.17) is 16.3 Å². The van der Waals surface area contributed by atoms with Crippen LogP contribution >= 0.6 is 11.6 Å². The molecule has 118 valence electrons. The Morgan fingerprint density at radius 1 is 1.00 bits per heavy atom. The van der Waals surface area contributed by atoms with Crippen molar-refractivity contribution in [2.24, 2.45) is 0 Å². The van der Waals surface area contributed by atoms with E-state index in [0.29, 0.717) is 17.1 Å². The summed E-state index contributed by atoms with van der Waals surface area (Å²) >= 11 is 6.06. The van der Waals surface area contributed by atoms with Gasteiger partial charge >= 0.3 is 0 Å². The molecule has 3 aromatic carbocycles. The molecule has 3 rings (SSSR count). The van der Waals surface area contributed by atoms with Crippen molar-refractivity contribution >= 4 is 22.4 Å². The first-order valence-corrected chi connectivity index (χ1v) is 7.79. The van der Waals surface area contributed by atoms with Gasteiger partial charge in [-0.3, -0.25) is 0 Å². The van der Waals surface area contributed by atoms with Gasteiger partial charge in [-0.25, -0.2) is 4.39 Å². The molecule has 0 saturated carbocycles. The Morgan fingerprint density at radius 2 is 1.83 bits per heavy atom. The molecule has 0 saturated heterocycles. The minimum atomic E-state index is -0.353. The second-order valence-electron chi connectivity index (χ2n) is 5.28. The van der Waals surface area contributed by atoms with Crippen LogP contribution in [0.25, 0.3) is 10.8 Å². The molecule has 0 bridgehead atoms. The topological polar surface area (TPSA) is 21.3 Å². The van der Waals surface area contributed by atoms with Crippen molar-refractivity contribution in [1.29, 1.82) is 0 Å². The Kier molecular flexibility index (Phi) is 4.79. The van der Waals surface area contributed by atoms with E-state index in [1.807, 2.05) is 31.3 Å². The molecule has 0 aliphatic heterocycles. The number of nitrogens with one attached hydrogen (secondary N) is 1. The Labute approximate surface area is 139 Å². The fourth-order valence-electron chi connectivity index (χ4n) is 2.63. The highest BCUT2D eigenvalue weighted by atomic mass is 35.5. The van der Waals surface area contributed by atoms with Gasteiger partial charge in [-0.1, -0.05) is 48.0 Å². The van der Waals surface area contributed by atoms with Crippen LogP contribution in [0.2, 0.25) is 5.02 Å². The van der Waals surface area contributed by atoms with Crippen LogP contribution in [0, 0.1) is 5.82 Å². The third-order valence-corrected chi connectivity index (χ3v) is 4.14. The molecule has 2 nitrogen and oxygen atoms in total. The molecule has 23 heavy (non-hydrogen) atoms. The molecule has 1 N–H and O–H groups in total. The summed E-state index contributed by atoms with van der Waals surface area (Å²) in [6.45, 7) is 0.766. The third-order valence-electron chi connectivity index (χ3n) is 3.78. The zero-order chi connectivity index (χ0) is 16.2. The van der Waals surface area contributed by atoms with Gasteiger partial charge in [0, 0.05) is 17.7 Å². The molecule has 3 aromatic rings. The van der Waals surface area contributed by atoms with Crippen molar-refractivity contribution in [3.8, 4) is 5.75 Å². The fraction of sp³-hybridized carbons (Fsp3) is 0.158. The lowest BCUT2D eigenvalue weighted by atomic mass is 10.0. The zero-order valence-corrected chi connectivity index (χ0v) is 13.5. The lowest BCUT2D eigenvalue weighted by Crippen LogP contribution is -2.09. The maximum Gasteiger partial charge on any atom is 0.131 e. The maximum absolute atomic E-state index is 13.9. The normalized spacial score (nSPS) is 10.9. The molecular formula is C19H17ClFNO. The molecule has 0 heterocycles. The SMILES string of the molecule is CNCc1c(OCc2c(F)cccc2Cl)ccc2ccccc12. The number of ether oxygens (including phenoxy) is 1. The Balaban J connectivity index is 1.95. The molecule has 0 aromatic heterocycles. The van der Waals surface area contributed by atoms with Crippen molar-refractivity contribution in [2.75, 3.05) is 7.05 Å². The maximum atomic E-state index is 13.9. The van der Waals surface area contributed by atoms with Gasteiger partial charge in [0.15, 0.2) is 0 Å². The second kappa shape index (κ2) is 6.99. The lowest BCUT2D eigenvalue weighted by Gasteiger charge is -2.15. The number of fused-ring (bicyclic) bond motifs is 1. The Morgan fingerprint density at radius 3 is 2.61 bits per heavy atom. The number of benzene rings is 3. The van der Waals surface area contributed by atoms with Crippen molar-refractivity contribution in [2.45, 2.75) is 13.2 Å². The lowest BCUT2D eigenvalue weighted by molar-refractivity contribution is 0.297. The predicted molar refractivity (Wildman–Crippen MR) is 92.5 cm³/mol. The fourth-order valence-corrected chi connectivity index (χ4v) is 2.85. The number of halogens is 2. The quantitative estimate of drug-likeness (QED) is 0.716. The van der Waals surface area contributed by atoms with E-state index in [1.54, 1.807) is 12.1 Å².